The van der Waals surface area contributed by atoms with Gasteiger partial charge in [0.2, 0.25) is 0 Å². The molecule has 1 aliphatic carbocycles. The lowest BCUT2D eigenvalue weighted by atomic mass is 9.92. The van der Waals surface area contributed by atoms with Crippen LogP contribution in [0, 0.1) is 0 Å². The van der Waals surface area contributed by atoms with Gasteiger partial charge in [0.25, 0.3) is 5.91 Å². The highest BCUT2D eigenvalue weighted by Gasteiger charge is 2.25. The van der Waals surface area contributed by atoms with E-state index in [0.717, 1.165) is 25.7 Å². The molecular weight excluding hydrogens is 218 g/mol. The number of anilines is 1. The maximum Gasteiger partial charge on any atom is 0.272 e. The van der Waals surface area contributed by atoms with Crippen molar-refractivity contribution in [1.82, 2.24) is 10.3 Å². The third-order valence-corrected chi connectivity index (χ3v) is 3.10. The highest BCUT2D eigenvalue weighted by atomic mass is 16.3. The van der Waals surface area contributed by atoms with Gasteiger partial charge in [0, 0.05) is 6.20 Å². The van der Waals surface area contributed by atoms with E-state index >= 15 is 0 Å². The fourth-order valence-corrected chi connectivity index (χ4v) is 2.12. The van der Waals surface area contributed by atoms with E-state index < -0.39 is 6.10 Å². The number of amides is 1. The SMILES string of the molecule is Nc1cccnc1C(=O)N[C@@H]1CCCC[C@H]1O. The summed E-state index contributed by atoms with van der Waals surface area (Å²) in [6.45, 7) is 0. The smallest absolute Gasteiger partial charge is 0.272 e. The van der Waals surface area contributed by atoms with Gasteiger partial charge in [0.05, 0.1) is 17.8 Å². The van der Waals surface area contributed by atoms with E-state index in [1.54, 1.807) is 12.1 Å². The summed E-state index contributed by atoms with van der Waals surface area (Å²) in [5.74, 6) is -0.311. The van der Waals surface area contributed by atoms with Crippen LogP contribution in [0.15, 0.2) is 18.3 Å². The molecule has 92 valence electrons. The maximum absolute atomic E-state index is 11.9. The van der Waals surface area contributed by atoms with Crippen molar-refractivity contribution >= 4 is 11.6 Å². The topological polar surface area (TPSA) is 88.2 Å². The molecule has 1 heterocycles. The molecule has 1 saturated carbocycles. The molecule has 2 atom stereocenters. The van der Waals surface area contributed by atoms with E-state index in [4.69, 9.17) is 5.73 Å². The fourth-order valence-electron chi connectivity index (χ4n) is 2.12. The second kappa shape index (κ2) is 5.14. The van der Waals surface area contributed by atoms with Crippen LogP contribution in [0.25, 0.3) is 0 Å². The number of carbonyl (C=O) groups excluding carboxylic acids is 1. The quantitative estimate of drug-likeness (QED) is 0.704. The van der Waals surface area contributed by atoms with Gasteiger partial charge in [-0.25, -0.2) is 4.98 Å². The van der Waals surface area contributed by atoms with Crippen molar-refractivity contribution in [2.45, 2.75) is 37.8 Å². The van der Waals surface area contributed by atoms with Crippen LogP contribution in [0.4, 0.5) is 5.69 Å². The van der Waals surface area contributed by atoms with Crippen molar-refractivity contribution in [3.8, 4) is 0 Å². The van der Waals surface area contributed by atoms with Crippen molar-refractivity contribution in [3.63, 3.8) is 0 Å². The maximum atomic E-state index is 11.9. The second-order valence-corrected chi connectivity index (χ2v) is 4.37. The monoisotopic (exact) mass is 235 g/mol. The summed E-state index contributed by atoms with van der Waals surface area (Å²) in [5, 5.41) is 12.6. The first-order chi connectivity index (χ1) is 8.18. The zero-order valence-corrected chi connectivity index (χ0v) is 9.60. The molecule has 0 saturated heterocycles. The Balaban J connectivity index is 2.04. The van der Waals surface area contributed by atoms with Crippen LogP contribution in [0.5, 0.6) is 0 Å². The Bertz CT molecular complexity index is 408. The normalized spacial score (nSPS) is 24.3. The summed E-state index contributed by atoms with van der Waals surface area (Å²) in [4.78, 5) is 15.9. The molecule has 1 aromatic heterocycles. The summed E-state index contributed by atoms with van der Waals surface area (Å²) < 4.78 is 0. The average molecular weight is 235 g/mol. The first kappa shape index (κ1) is 11.9. The van der Waals surface area contributed by atoms with Crippen molar-refractivity contribution in [2.24, 2.45) is 0 Å². The van der Waals surface area contributed by atoms with Crippen LogP contribution in [0.3, 0.4) is 0 Å². The van der Waals surface area contributed by atoms with Crippen LogP contribution in [-0.4, -0.2) is 28.1 Å². The molecule has 0 radical (unpaired) electrons. The van der Waals surface area contributed by atoms with E-state index in [-0.39, 0.29) is 17.6 Å². The summed E-state index contributed by atoms with van der Waals surface area (Å²) in [6.07, 6.45) is 4.65. The third-order valence-electron chi connectivity index (χ3n) is 3.10. The number of nitrogens with one attached hydrogen (secondary N) is 1. The van der Waals surface area contributed by atoms with E-state index in [9.17, 15) is 9.90 Å². The lowest BCUT2D eigenvalue weighted by Gasteiger charge is -2.28. The summed E-state index contributed by atoms with van der Waals surface area (Å²) in [5.41, 5.74) is 6.26. The number of aromatic nitrogens is 1. The van der Waals surface area contributed by atoms with Crippen molar-refractivity contribution in [1.29, 1.82) is 0 Å². The van der Waals surface area contributed by atoms with Crippen LogP contribution >= 0.6 is 0 Å². The largest absolute Gasteiger partial charge is 0.397 e. The Hall–Kier alpha value is -1.62. The molecule has 17 heavy (non-hydrogen) atoms. The zero-order valence-electron chi connectivity index (χ0n) is 9.60. The number of aliphatic hydroxyl groups excluding tert-OH is 1. The molecule has 5 nitrogen and oxygen atoms in total. The highest BCUT2D eigenvalue weighted by molar-refractivity contribution is 5.97. The molecule has 0 aliphatic heterocycles. The number of pyridine rings is 1. The van der Waals surface area contributed by atoms with Crippen LogP contribution in [0.1, 0.15) is 36.2 Å². The molecule has 5 heteroatoms. The minimum atomic E-state index is -0.461. The van der Waals surface area contributed by atoms with Gasteiger partial charge in [-0.15, -0.1) is 0 Å². The summed E-state index contributed by atoms with van der Waals surface area (Å²) >= 11 is 0. The number of hydrogen-bond donors (Lipinski definition) is 3. The number of nitrogen functional groups attached to an aromatic ring is 1. The molecule has 1 aromatic rings. The highest BCUT2D eigenvalue weighted by Crippen LogP contribution is 2.19. The molecular formula is C12H17N3O2. The molecule has 0 unspecified atom stereocenters. The number of nitrogens with two attached hydrogens (primary N) is 1. The average Bonchev–Trinajstić information content (AvgIpc) is 2.32. The van der Waals surface area contributed by atoms with Gasteiger partial charge in [0.1, 0.15) is 0 Å². The number of carbonyl (C=O) groups is 1. The Kier molecular flexibility index (Phi) is 3.58. The van der Waals surface area contributed by atoms with E-state index in [1.807, 2.05) is 0 Å². The predicted molar refractivity (Wildman–Crippen MR) is 64.4 cm³/mol. The molecule has 2 rings (SSSR count). The second-order valence-electron chi connectivity index (χ2n) is 4.37. The zero-order chi connectivity index (χ0) is 12.3. The number of nitrogens with zero attached hydrogens (tertiary/aromatic N) is 1. The first-order valence-corrected chi connectivity index (χ1v) is 5.88. The van der Waals surface area contributed by atoms with Crippen molar-refractivity contribution < 1.29 is 9.90 Å². The van der Waals surface area contributed by atoms with Crippen molar-refractivity contribution in [2.75, 3.05) is 5.73 Å². The predicted octanol–water partition coefficient (Wildman–Crippen LogP) is 0.697. The fraction of sp³-hybridized carbons (Fsp3) is 0.500. The number of rotatable bonds is 2. The molecule has 0 aromatic carbocycles. The Morgan fingerprint density at radius 3 is 2.94 bits per heavy atom. The lowest BCUT2D eigenvalue weighted by Crippen LogP contribution is -2.45. The molecule has 1 aliphatic rings. The number of aliphatic hydroxyl groups is 1. The first-order valence-electron chi connectivity index (χ1n) is 5.88. The summed E-state index contributed by atoms with van der Waals surface area (Å²) in [6, 6.07) is 3.14. The van der Waals surface area contributed by atoms with Crippen molar-refractivity contribution in [3.05, 3.63) is 24.0 Å². The Morgan fingerprint density at radius 1 is 1.47 bits per heavy atom. The third kappa shape index (κ3) is 2.74. The number of hydrogen-bond acceptors (Lipinski definition) is 4. The summed E-state index contributed by atoms with van der Waals surface area (Å²) in [7, 11) is 0. The van der Waals surface area contributed by atoms with Gasteiger partial charge in [-0.05, 0) is 25.0 Å². The van der Waals surface area contributed by atoms with Crippen LogP contribution in [0.2, 0.25) is 0 Å². The van der Waals surface area contributed by atoms with Gasteiger partial charge in [0.15, 0.2) is 5.69 Å². The minimum absolute atomic E-state index is 0.183. The lowest BCUT2D eigenvalue weighted by molar-refractivity contribution is 0.0714. The molecule has 0 bridgehead atoms. The van der Waals surface area contributed by atoms with Gasteiger partial charge in [-0.1, -0.05) is 12.8 Å². The standard InChI is InChI=1S/C12H17N3O2/c13-8-4-3-7-14-11(8)12(17)15-9-5-1-2-6-10(9)16/h3-4,7,9-10,16H,1-2,5-6,13H2,(H,15,17)/t9-,10-/m1/s1. The van der Waals surface area contributed by atoms with E-state index in [2.05, 4.69) is 10.3 Å². The van der Waals surface area contributed by atoms with Gasteiger partial charge in [-0.2, -0.15) is 0 Å². The molecule has 1 amide bonds. The van der Waals surface area contributed by atoms with Gasteiger partial charge >= 0.3 is 0 Å². The Labute approximate surface area is 100 Å². The van der Waals surface area contributed by atoms with Crippen LogP contribution in [-0.2, 0) is 0 Å². The van der Waals surface area contributed by atoms with E-state index in [0.29, 0.717) is 5.69 Å². The Morgan fingerprint density at radius 2 is 2.24 bits per heavy atom. The molecule has 0 spiro atoms. The van der Waals surface area contributed by atoms with Crippen LogP contribution < -0.4 is 11.1 Å². The molecule has 4 N–H and O–H groups in total. The minimum Gasteiger partial charge on any atom is -0.397 e. The van der Waals surface area contributed by atoms with Gasteiger partial charge < -0.3 is 16.2 Å². The van der Waals surface area contributed by atoms with E-state index in [1.165, 1.54) is 6.20 Å². The molecule has 1 fully saturated rings. The van der Waals surface area contributed by atoms with Gasteiger partial charge in [-0.3, -0.25) is 4.79 Å².